The van der Waals surface area contributed by atoms with Crippen molar-refractivity contribution in [1.82, 2.24) is 9.62 Å². The Morgan fingerprint density at radius 1 is 1.35 bits per heavy atom. The van der Waals surface area contributed by atoms with E-state index in [1.807, 2.05) is 44.2 Å². The number of nitrogens with one attached hydrogen (secondary N) is 1. The highest BCUT2D eigenvalue weighted by Crippen LogP contribution is 2.39. The van der Waals surface area contributed by atoms with Gasteiger partial charge in [0.2, 0.25) is 16.4 Å². The van der Waals surface area contributed by atoms with Crippen LogP contribution in [0.3, 0.4) is 0 Å². The van der Waals surface area contributed by atoms with Crippen molar-refractivity contribution in [2.45, 2.75) is 31.9 Å². The standard InChI is InChI=1S/C16H24N2O4S/c1-16(2)15(14-7-4-3-5-8-14)18(10-11-22-16)23(20,21)12-6-9-17-13-19/h3-5,7-8,13,15H,6,9-12H2,1-2H3,(H,17,19). The van der Waals surface area contributed by atoms with Crippen molar-refractivity contribution in [3.63, 3.8) is 0 Å². The van der Waals surface area contributed by atoms with E-state index in [-0.39, 0.29) is 11.8 Å². The van der Waals surface area contributed by atoms with Gasteiger partial charge in [-0.05, 0) is 25.8 Å². The van der Waals surface area contributed by atoms with Crippen LogP contribution in [0.4, 0.5) is 0 Å². The highest BCUT2D eigenvalue weighted by Gasteiger charge is 2.44. The van der Waals surface area contributed by atoms with Crippen LogP contribution in [0, 0.1) is 0 Å². The molecule has 1 unspecified atom stereocenters. The molecule has 1 aromatic rings. The van der Waals surface area contributed by atoms with Crippen molar-refractivity contribution >= 4 is 16.4 Å². The van der Waals surface area contributed by atoms with E-state index in [4.69, 9.17) is 4.74 Å². The van der Waals surface area contributed by atoms with Crippen LogP contribution in [-0.2, 0) is 19.6 Å². The molecule has 1 aliphatic rings. The second kappa shape index (κ2) is 7.42. The van der Waals surface area contributed by atoms with Crippen molar-refractivity contribution in [3.8, 4) is 0 Å². The fraction of sp³-hybridized carbons (Fsp3) is 0.562. The normalized spacial score (nSPS) is 21.7. The lowest BCUT2D eigenvalue weighted by Gasteiger charge is -2.45. The number of carbonyl (C=O) groups excluding carboxylic acids is 1. The molecule has 0 saturated carbocycles. The molecule has 0 bridgehead atoms. The maximum absolute atomic E-state index is 12.8. The van der Waals surface area contributed by atoms with Gasteiger partial charge in [-0.25, -0.2) is 8.42 Å². The zero-order valence-electron chi connectivity index (χ0n) is 13.6. The molecular weight excluding hydrogens is 316 g/mol. The van der Waals surface area contributed by atoms with E-state index in [2.05, 4.69) is 5.32 Å². The van der Waals surface area contributed by atoms with Gasteiger partial charge in [0, 0.05) is 13.1 Å². The largest absolute Gasteiger partial charge is 0.372 e. The molecule has 1 saturated heterocycles. The zero-order chi connectivity index (χ0) is 16.9. The Bertz CT molecular complexity index is 616. The number of ether oxygens (including phenoxy) is 1. The zero-order valence-corrected chi connectivity index (χ0v) is 14.4. The van der Waals surface area contributed by atoms with Gasteiger partial charge in [0.05, 0.1) is 24.0 Å². The lowest BCUT2D eigenvalue weighted by atomic mass is 9.90. The maximum Gasteiger partial charge on any atom is 0.214 e. The molecule has 6 nitrogen and oxygen atoms in total. The molecule has 0 spiro atoms. The van der Waals surface area contributed by atoms with Gasteiger partial charge >= 0.3 is 0 Å². The van der Waals surface area contributed by atoms with E-state index >= 15 is 0 Å². The summed E-state index contributed by atoms with van der Waals surface area (Å²) in [5.74, 6) is 0.00720. The summed E-state index contributed by atoms with van der Waals surface area (Å²) in [4.78, 5) is 10.3. The van der Waals surface area contributed by atoms with Gasteiger partial charge in [0.25, 0.3) is 0 Å². The summed E-state index contributed by atoms with van der Waals surface area (Å²) in [6, 6.07) is 9.21. The average Bonchev–Trinajstić information content (AvgIpc) is 2.51. The van der Waals surface area contributed by atoms with Crippen LogP contribution in [0.2, 0.25) is 0 Å². The lowest BCUT2D eigenvalue weighted by Crippen LogP contribution is -2.53. The monoisotopic (exact) mass is 340 g/mol. The lowest BCUT2D eigenvalue weighted by molar-refractivity contribution is -0.109. The minimum Gasteiger partial charge on any atom is -0.372 e. The van der Waals surface area contributed by atoms with Crippen LogP contribution < -0.4 is 5.32 Å². The van der Waals surface area contributed by atoms with Crippen LogP contribution in [-0.4, -0.2) is 50.2 Å². The quantitative estimate of drug-likeness (QED) is 0.600. The SMILES string of the molecule is CC1(C)OCCN(S(=O)(=O)CCCNC=O)C1c1ccccc1. The number of sulfonamides is 1. The Hall–Kier alpha value is -1.44. The summed E-state index contributed by atoms with van der Waals surface area (Å²) in [5.41, 5.74) is 0.320. The molecule has 23 heavy (non-hydrogen) atoms. The van der Waals surface area contributed by atoms with Crippen LogP contribution in [0.5, 0.6) is 0 Å². The molecular formula is C16H24N2O4S. The highest BCUT2D eigenvalue weighted by atomic mass is 32.2. The first kappa shape index (κ1) is 17.9. The third kappa shape index (κ3) is 4.31. The van der Waals surface area contributed by atoms with Crippen molar-refractivity contribution in [3.05, 3.63) is 35.9 Å². The number of morpholine rings is 1. The first-order valence-electron chi connectivity index (χ1n) is 7.74. The summed E-state index contributed by atoms with van der Waals surface area (Å²) in [6.45, 7) is 4.90. The number of carbonyl (C=O) groups is 1. The third-order valence-corrected chi connectivity index (χ3v) is 5.92. The summed E-state index contributed by atoms with van der Waals surface area (Å²) in [6.07, 6.45) is 0.970. The van der Waals surface area contributed by atoms with Gasteiger partial charge in [-0.1, -0.05) is 30.3 Å². The van der Waals surface area contributed by atoms with Gasteiger partial charge in [0.15, 0.2) is 0 Å². The third-order valence-electron chi connectivity index (χ3n) is 4.01. The van der Waals surface area contributed by atoms with E-state index in [1.165, 1.54) is 0 Å². The molecule has 1 N–H and O–H groups in total. The van der Waals surface area contributed by atoms with Crippen LogP contribution >= 0.6 is 0 Å². The van der Waals surface area contributed by atoms with Crippen LogP contribution in [0.15, 0.2) is 30.3 Å². The summed E-state index contributed by atoms with van der Waals surface area (Å²) < 4.78 is 32.9. The average molecular weight is 340 g/mol. The summed E-state index contributed by atoms with van der Waals surface area (Å²) in [5, 5.41) is 2.49. The molecule has 7 heteroatoms. The second-order valence-corrected chi connectivity index (χ2v) is 8.16. The fourth-order valence-electron chi connectivity index (χ4n) is 2.99. The van der Waals surface area contributed by atoms with Crippen LogP contribution in [0.1, 0.15) is 31.9 Å². The molecule has 1 heterocycles. The number of hydrogen-bond donors (Lipinski definition) is 1. The van der Waals surface area contributed by atoms with Gasteiger partial charge in [0.1, 0.15) is 0 Å². The fourth-order valence-corrected chi connectivity index (χ4v) is 4.78. The van der Waals surface area contributed by atoms with E-state index in [0.717, 1.165) is 5.56 Å². The molecule has 1 atom stereocenters. The van der Waals surface area contributed by atoms with Gasteiger partial charge in [-0.3, -0.25) is 4.79 Å². The molecule has 1 fully saturated rings. The Kier molecular flexibility index (Phi) is 5.78. The predicted octanol–water partition coefficient (Wildman–Crippen LogP) is 1.30. The van der Waals surface area contributed by atoms with Crippen molar-refractivity contribution < 1.29 is 17.9 Å². The molecule has 128 valence electrons. The number of benzene rings is 1. The first-order valence-corrected chi connectivity index (χ1v) is 9.35. The summed E-state index contributed by atoms with van der Waals surface area (Å²) in [7, 11) is -3.43. The number of nitrogens with zero attached hydrogens (tertiary/aromatic N) is 1. The number of hydrogen-bond acceptors (Lipinski definition) is 4. The Morgan fingerprint density at radius 2 is 2.04 bits per heavy atom. The Morgan fingerprint density at radius 3 is 2.70 bits per heavy atom. The molecule has 0 radical (unpaired) electrons. The van der Waals surface area contributed by atoms with E-state index in [1.54, 1.807) is 4.31 Å². The second-order valence-electron chi connectivity index (χ2n) is 6.12. The highest BCUT2D eigenvalue weighted by molar-refractivity contribution is 7.89. The molecule has 2 rings (SSSR count). The Labute approximate surface area is 137 Å². The minimum atomic E-state index is -3.43. The topological polar surface area (TPSA) is 75.7 Å². The summed E-state index contributed by atoms with van der Waals surface area (Å²) >= 11 is 0. The van der Waals surface area contributed by atoms with Gasteiger partial charge < -0.3 is 10.1 Å². The molecule has 1 aromatic carbocycles. The smallest absolute Gasteiger partial charge is 0.214 e. The maximum atomic E-state index is 12.8. The van der Waals surface area contributed by atoms with Crippen molar-refractivity contribution in [2.75, 3.05) is 25.4 Å². The first-order chi connectivity index (χ1) is 10.9. The minimum absolute atomic E-state index is 0.00720. The molecule has 0 aliphatic carbocycles. The Balaban J connectivity index is 2.25. The van der Waals surface area contributed by atoms with Crippen molar-refractivity contribution in [2.24, 2.45) is 0 Å². The van der Waals surface area contributed by atoms with Crippen LogP contribution in [0.25, 0.3) is 0 Å². The number of amides is 1. The van der Waals surface area contributed by atoms with Gasteiger partial charge in [-0.2, -0.15) is 4.31 Å². The predicted molar refractivity (Wildman–Crippen MR) is 88.4 cm³/mol. The van der Waals surface area contributed by atoms with Gasteiger partial charge in [-0.15, -0.1) is 0 Å². The molecule has 1 aliphatic heterocycles. The van der Waals surface area contributed by atoms with Crippen molar-refractivity contribution in [1.29, 1.82) is 0 Å². The number of rotatable bonds is 7. The van der Waals surface area contributed by atoms with E-state index < -0.39 is 15.6 Å². The van der Waals surface area contributed by atoms with E-state index in [0.29, 0.717) is 32.5 Å². The van der Waals surface area contributed by atoms with E-state index in [9.17, 15) is 13.2 Å². The molecule has 1 amide bonds. The molecule has 0 aromatic heterocycles.